The van der Waals surface area contributed by atoms with E-state index in [-0.39, 0.29) is 11.4 Å². The van der Waals surface area contributed by atoms with Crippen LogP contribution in [-0.4, -0.2) is 39.2 Å². The molecule has 0 saturated heterocycles. The van der Waals surface area contributed by atoms with E-state index in [1.807, 2.05) is 22.4 Å². The normalized spacial score (nSPS) is 13.6. The third-order valence-corrected chi connectivity index (χ3v) is 6.49. The zero-order chi connectivity index (χ0) is 22.4. The fraction of sp³-hybridized carbons (Fsp3) is 0.273. The van der Waals surface area contributed by atoms with Gasteiger partial charge in [0.2, 0.25) is 5.82 Å². The van der Waals surface area contributed by atoms with E-state index >= 15 is 0 Å². The largest absolute Gasteiger partial charge is 0.352 e. The van der Waals surface area contributed by atoms with E-state index in [4.69, 9.17) is 0 Å². The number of carbonyl (C=O) groups is 1. The minimum atomic E-state index is -2.65. The van der Waals surface area contributed by atoms with Crippen molar-refractivity contribution in [3.8, 4) is 11.1 Å². The summed E-state index contributed by atoms with van der Waals surface area (Å²) in [5.74, 6) is 0.234. The lowest BCUT2D eigenvalue weighted by molar-refractivity contribution is 0.0953. The van der Waals surface area contributed by atoms with E-state index in [0.29, 0.717) is 34.7 Å². The van der Waals surface area contributed by atoms with E-state index in [9.17, 15) is 13.6 Å². The lowest BCUT2D eigenvalue weighted by atomic mass is 9.93. The number of fused-ring (bicyclic) bond motifs is 2. The molecule has 0 spiro atoms. The van der Waals surface area contributed by atoms with Crippen LogP contribution in [0.3, 0.4) is 0 Å². The second kappa shape index (κ2) is 7.94. The monoisotopic (exact) mass is 454 g/mol. The molecule has 164 valence electrons. The minimum Gasteiger partial charge on any atom is -0.352 e. The molecule has 0 atom stereocenters. The molecule has 1 aliphatic heterocycles. The van der Waals surface area contributed by atoms with Gasteiger partial charge in [0.15, 0.2) is 5.82 Å². The fourth-order valence-corrected chi connectivity index (χ4v) is 4.93. The third-order valence-electron chi connectivity index (χ3n) is 5.59. The summed E-state index contributed by atoms with van der Waals surface area (Å²) in [5, 5.41) is 8.58. The molecule has 4 aromatic rings. The zero-order valence-corrected chi connectivity index (χ0v) is 18.3. The SMILES string of the molecule is CNC(=O)c1nc(N2CCCc3cc(-c4cnn(C)c4)c(C(F)F)cc32)c2sccc2n1. The van der Waals surface area contributed by atoms with E-state index in [1.165, 1.54) is 18.4 Å². The molecule has 7 nitrogen and oxygen atoms in total. The highest BCUT2D eigenvalue weighted by atomic mass is 32.1. The molecule has 4 heterocycles. The molecule has 1 aliphatic rings. The van der Waals surface area contributed by atoms with Gasteiger partial charge in [-0.3, -0.25) is 9.48 Å². The maximum atomic E-state index is 14.1. The van der Waals surface area contributed by atoms with Gasteiger partial charge in [-0.1, -0.05) is 0 Å². The van der Waals surface area contributed by atoms with Crippen molar-refractivity contribution in [3.05, 3.63) is 52.9 Å². The van der Waals surface area contributed by atoms with Gasteiger partial charge < -0.3 is 10.2 Å². The Morgan fingerprint density at radius 1 is 1.28 bits per heavy atom. The average molecular weight is 455 g/mol. The first-order valence-corrected chi connectivity index (χ1v) is 11.0. The van der Waals surface area contributed by atoms with Crippen molar-refractivity contribution in [2.45, 2.75) is 19.3 Å². The predicted octanol–water partition coefficient (Wildman–Crippen LogP) is 4.47. The quantitative estimate of drug-likeness (QED) is 0.492. The van der Waals surface area contributed by atoms with E-state index < -0.39 is 12.3 Å². The van der Waals surface area contributed by atoms with Crippen molar-refractivity contribution >= 4 is 39.0 Å². The van der Waals surface area contributed by atoms with Crippen LogP contribution in [0.2, 0.25) is 0 Å². The fourth-order valence-electron chi connectivity index (χ4n) is 4.10. The number of alkyl halides is 2. The van der Waals surface area contributed by atoms with Crippen molar-refractivity contribution in [3.63, 3.8) is 0 Å². The first-order chi connectivity index (χ1) is 15.5. The van der Waals surface area contributed by atoms with Gasteiger partial charge in [0.25, 0.3) is 12.3 Å². The number of nitrogens with one attached hydrogen (secondary N) is 1. The standard InChI is InChI=1S/C22H20F2N6OS/c1-25-22(31)20-27-16-5-7-32-18(16)21(28-20)30-6-3-4-12-8-14(13-10-26-29(2)11-13)15(19(23)24)9-17(12)30/h5,7-11,19H,3-4,6H2,1-2H3,(H,25,31). The summed E-state index contributed by atoms with van der Waals surface area (Å²) in [6.45, 7) is 0.610. The number of rotatable bonds is 4. The Morgan fingerprint density at radius 3 is 2.84 bits per heavy atom. The summed E-state index contributed by atoms with van der Waals surface area (Å²) < 4.78 is 30.7. The Balaban J connectivity index is 1.70. The van der Waals surface area contributed by atoms with Crippen LogP contribution < -0.4 is 10.2 Å². The van der Waals surface area contributed by atoms with Gasteiger partial charge in [0.1, 0.15) is 0 Å². The third kappa shape index (κ3) is 3.40. The number of thiophene rings is 1. The molecule has 0 fully saturated rings. The van der Waals surface area contributed by atoms with Crippen molar-refractivity contribution in [1.29, 1.82) is 0 Å². The van der Waals surface area contributed by atoms with Gasteiger partial charge in [-0.25, -0.2) is 18.7 Å². The first kappa shape index (κ1) is 20.5. The highest BCUT2D eigenvalue weighted by Crippen LogP contribution is 2.42. The first-order valence-electron chi connectivity index (χ1n) is 10.1. The summed E-state index contributed by atoms with van der Waals surface area (Å²) >= 11 is 1.47. The Labute approximate surface area is 186 Å². The number of benzene rings is 1. The molecule has 1 aromatic carbocycles. The van der Waals surface area contributed by atoms with Crippen molar-refractivity contribution in [1.82, 2.24) is 25.1 Å². The highest BCUT2D eigenvalue weighted by Gasteiger charge is 2.27. The molecular formula is C22H20F2N6OS. The van der Waals surface area contributed by atoms with Crippen LogP contribution in [-0.2, 0) is 13.5 Å². The Bertz CT molecular complexity index is 1330. The smallest absolute Gasteiger partial charge is 0.288 e. The number of aryl methyl sites for hydroxylation is 2. The van der Waals surface area contributed by atoms with Gasteiger partial charge >= 0.3 is 0 Å². The van der Waals surface area contributed by atoms with Crippen LogP contribution >= 0.6 is 11.3 Å². The number of hydrogen-bond donors (Lipinski definition) is 1. The lowest BCUT2D eigenvalue weighted by Crippen LogP contribution is -2.28. The van der Waals surface area contributed by atoms with Crippen LogP contribution in [0.4, 0.5) is 20.3 Å². The molecule has 0 aliphatic carbocycles. The van der Waals surface area contributed by atoms with E-state index in [0.717, 1.165) is 23.1 Å². The Morgan fingerprint density at radius 2 is 2.12 bits per heavy atom. The predicted molar refractivity (Wildman–Crippen MR) is 120 cm³/mol. The molecule has 5 rings (SSSR count). The molecule has 1 amide bonds. The van der Waals surface area contributed by atoms with Crippen LogP contribution in [0.1, 0.15) is 34.6 Å². The van der Waals surface area contributed by atoms with Gasteiger partial charge in [-0.05, 0) is 47.5 Å². The van der Waals surface area contributed by atoms with Crippen molar-refractivity contribution < 1.29 is 13.6 Å². The molecule has 3 aromatic heterocycles. The number of aromatic nitrogens is 4. The second-order valence-corrected chi connectivity index (χ2v) is 8.53. The van der Waals surface area contributed by atoms with Gasteiger partial charge in [0.05, 0.1) is 16.4 Å². The molecule has 1 N–H and O–H groups in total. The zero-order valence-electron chi connectivity index (χ0n) is 17.5. The summed E-state index contributed by atoms with van der Waals surface area (Å²) in [6, 6.07) is 5.23. The number of nitrogens with zero attached hydrogens (tertiary/aromatic N) is 5. The summed E-state index contributed by atoms with van der Waals surface area (Å²) in [6.07, 6.45) is 2.30. The van der Waals surface area contributed by atoms with Crippen LogP contribution in [0.15, 0.2) is 36.0 Å². The van der Waals surface area contributed by atoms with Crippen molar-refractivity contribution in [2.24, 2.45) is 7.05 Å². The molecule has 0 unspecified atom stereocenters. The molecule has 10 heteroatoms. The second-order valence-electron chi connectivity index (χ2n) is 7.61. The molecule has 32 heavy (non-hydrogen) atoms. The molecule has 0 radical (unpaired) electrons. The Hall–Kier alpha value is -3.40. The van der Waals surface area contributed by atoms with Crippen molar-refractivity contribution in [2.75, 3.05) is 18.5 Å². The van der Waals surface area contributed by atoms with Gasteiger partial charge in [-0.2, -0.15) is 5.10 Å². The summed E-state index contributed by atoms with van der Waals surface area (Å²) in [5.41, 5.74) is 3.41. The highest BCUT2D eigenvalue weighted by molar-refractivity contribution is 7.17. The number of hydrogen-bond acceptors (Lipinski definition) is 6. The van der Waals surface area contributed by atoms with E-state index in [2.05, 4.69) is 20.4 Å². The minimum absolute atomic E-state index is 0.0494. The van der Waals surface area contributed by atoms with Crippen LogP contribution in [0, 0.1) is 0 Å². The maximum Gasteiger partial charge on any atom is 0.288 e. The van der Waals surface area contributed by atoms with Crippen LogP contribution in [0.25, 0.3) is 21.3 Å². The number of anilines is 2. The summed E-state index contributed by atoms with van der Waals surface area (Å²) in [4.78, 5) is 23.1. The van der Waals surface area contributed by atoms with Crippen LogP contribution in [0.5, 0.6) is 0 Å². The average Bonchev–Trinajstić information content (AvgIpc) is 3.45. The number of carbonyl (C=O) groups excluding carboxylic acids is 1. The molecular weight excluding hydrogens is 434 g/mol. The van der Waals surface area contributed by atoms with E-state index in [1.54, 1.807) is 30.2 Å². The van der Waals surface area contributed by atoms with Gasteiger partial charge in [0, 0.05) is 43.7 Å². The molecule has 0 saturated carbocycles. The molecule has 0 bridgehead atoms. The maximum absolute atomic E-state index is 14.1. The summed E-state index contributed by atoms with van der Waals surface area (Å²) in [7, 11) is 3.28. The Kier molecular flexibility index (Phi) is 5.09. The van der Waals surface area contributed by atoms with Gasteiger partial charge in [-0.15, -0.1) is 11.3 Å². The number of halogens is 2. The number of amides is 1. The lowest BCUT2D eigenvalue weighted by Gasteiger charge is -2.32. The topological polar surface area (TPSA) is 75.9 Å².